The lowest BCUT2D eigenvalue weighted by molar-refractivity contribution is -0.114. The Bertz CT molecular complexity index is 535. The number of rotatable bonds is 8. The number of benzene rings is 1. The molecule has 0 heterocycles. The molecule has 0 radical (unpaired) electrons. The second kappa shape index (κ2) is 8.52. The van der Waals surface area contributed by atoms with Crippen LogP contribution in [0.3, 0.4) is 0 Å². The third-order valence-electron chi connectivity index (χ3n) is 2.58. The van der Waals surface area contributed by atoms with Crippen molar-refractivity contribution in [2.24, 2.45) is 0 Å². The molecule has 0 aliphatic carbocycles. The molecule has 1 rings (SSSR count). The van der Waals surface area contributed by atoms with E-state index in [0.717, 1.165) is 0 Å². The molecule has 1 aromatic carbocycles. The van der Waals surface area contributed by atoms with E-state index in [9.17, 15) is 14.4 Å². The first-order valence-corrected chi connectivity index (χ1v) is 6.36. The predicted octanol–water partition coefficient (Wildman–Crippen LogP) is 2.83. The Balaban J connectivity index is 2.36. The third kappa shape index (κ3) is 5.90. The van der Waals surface area contributed by atoms with Crippen molar-refractivity contribution in [2.45, 2.75) is 19.3 Å². The average molecular weight is 292 g/mol. The van der Waals surface area contributed by atoms with Crippen LogP contribution in [0.5, 0.6) is 5.75 Å². The van der Waals surface area contributed by atoms with Gasteiger partial charge in [-0.15, -0.1) is 0 Å². The summed E-state index contributed by atoms with van der Waals surface area (Å²) in [6, 6.07) is 5.77. The lowest BCUT2D eigenvalue weighted by atomic mass is 10.2. The number of ketones is 1. The zero-order valence-corrected chi connectivity index (χ0v) is 11.4. The maximum absolute atomic E-state index is 11.4. The number of carboxylic acid groups (broad SMARTS) is 1. The lowest BCUT2D eigenvalue weighted by Gasteiger charge is -2.07. The molecule has 0 spiro atoms. The number of unbranched alkanes of at least 4 members (excludes halogenated alkanes) is 1. The molecule has 0 fully saturated rings. The molecule has 0 aliphatic heterocycles. The molecule has 21 heavy (non-hydrogen) atoms. The van der Waals surface area contributed by atoms with E-state index in [4.69, 9.17) is 14.6 Å². The van der Waals surface area contributed by atoms with Crippen molar-refractivity contribution in [1.82, 2.24) is 0 Å². The van der Waals surface area contributed by atoms with Crippen LogP contribution in [-0.4, -0.2) is 29.6 Å². The molecule has 6 nitrogen and oxygen atoms in total. The molecule has 0 atom stereocenters. The van der Waals surface area contributed by atoms with Gasteiger partial charge in [0.15, 0.2) is 5.78 Å². The van der Waals surface area contributed by atoms with Gasteiger partial charge in [0.25, 0.3) is 0 Å². The van der Waals surface area contributed by atoms with Crippen molar-refractivity contribution in [3.05, 3.63) is 42.5 Å². The number of carboxylic acids is 1. The van der Waals surface area contributed by atoms with Gasteiger partial charge in [-0.3, -0.25) is 4.79 Å². The van der Waals surface area contributed by atoms with E-state index in [-0.39, 0.29) is 23.7 Å². The quantitative estimate of drug-likeness (QED) is 0.343. The summed E-state index contributed by atoms with van der Waals surface area (Å²) in [6.45, 7) is 3.45. The van der Waals surface area contributed by atoms with Crippen LogP contribution < -0.4 is 4.74 Å². The number of allylic oxidation sites excluding steroid dienone is 1. The molecular weight excluding hydrogens is 276 g/mol. The van der Waals surface area contributed by atoms with E-state index in [1.807, 2.05) is 0 Å². The van der Waals surface area contributed by atoms with Crippen molar-refractivity contribution in [3.63, 3.8) is 0 Å². The first-order valence-electron chi connectivity index (χ1n) is 6.36. The first-order chi connectivity index (χ1) is 10.0. The number of ether oxygens (including phenoxy) is 2. The SMILES string of the molecule is C=CC(=O)CCCCOC(=O)Oc1ccccc1C(=O)O. The highest BCUT2D eigenvalue weighted by Gasteiger charge is 2.14. The Morgan fingerprint density at radius 1 is 1.19 bits per heavy atom. The molecule has 1 aromatic rings. The largest absolute Gasteiger partial charge is 0.513 e. The number of para-hydroxylation sites is 1. The highest BCUT2D eigenvalue weighted by molar-refractivity contribution is 5.91. The zero-order chi connectivity index (χ0) is 15.7. The van der Waals surface area contributed by atoms with Crippen LogP contribution in [0, 0.1) is 0 Å². The molecule has 0 saturated carbocycles. The van der Waals surface area contributed by atoms with Crippen molar-refractivity contribution in [3.8, 4) is 5.75 Å². The molecule has 0 aromatic heterocycles. The van der Waals surface area contributed by atoms with Crippen LogP contribution >= 0.6 is 0 Å². The number of aromatic carboxylic acids is 1. The molecule has 0 saturated heterocycles. The van der Waals surface area contributed by atoms with E-state index < -0.39 is 12.1 Å². The standard InChI is InChI=1S/C15H16O6/c1-2-11(16)7-5-6-10-20-15(19)21-13-9-4-3-8-12(13)14(17)18/h2-4,8-9H,1,5-7,10H2,(H,17,18). The third-order valence-corrected chi connectivity index (χ3v) is 2.58. The maximum atomic E-state index is 11.4. The van der Waals surface area contributed by atoms with E-state index in [1.165, 1.54) is 24.3 Å². The van der Waals surface area contributed by atoms with Crippen LogP contribution in [0.4, 0.5) is 4.79 Å². The number of carbonyl (C=O) groups excluding carboxylic acids is 2. The Morgan fingerprint density at radius 2 is 1.90 bits per heavy atom. The van der Waals surface area contributed by atoms with Gasteiger partial charge < -0.3 is 14.6 Å². The minimum Gasteiger partial charge on any atom is -0.478 e. The highest BCUT2D eigenvalue weighted by atomic mass is 16.7. The van der Waals surface area contributed by atoms with Gasteiger partial charge >= 0.3 is 12.1 Å². The summed E-state index contributed by atoms with van der Waals surface area (Å²) >= 11 is 0. The molecule has 6 heteroatoms. The van der Waals surface area contributed by atoms with Crippen LogP contribution in [0.25, 0.3) is 0 Å². The average Bonchev–Trinajstić information content (AvgIpc) is 2.46. The van der Waals surface area contributed by atoms with Gasteiger partial charge in [-0.2, -0.15) is 0 Å². The van der Waals surface area contributed by atoms with Crippen LogP contribution in [0.1, 0.15) is 29.6 Å². The molecule has 0 bridgehead atoms. The summed E-state index contributed by atoms with van der Waals surface area (Å²) in [5.74, 6) is -1.33. The molecule has 0 amide bonds. The fourth-order valence-corrected chi connectivity index (χ4v) is 1.51. The van der Waals surface area contributed by atoms with Gasteiger partial charge in [0.1, 0.15) is 11.3 Å². The molecule has 0 unspecified atom stereocenters. The van der Waals surface area contributed by atoms with Gasteiger partial charge in [-0.05, 0) is 31.1 Å². The van der Waals surface area contributed by atoms with E-state index >= 15 is 0 Å². The number of hydrogen-bond donors (Lipinski definition) is 1. The summed E-state index contributed by atoms with van der Waals surface area (Å²) in [6.07, 6.45) is 1.71. The van der Waals surface area contributed by atoms with E-state index in [0.29, 0.717) is 19.3 Å². The minimum absolute atomic E-state index is 0.0621. The predicted molar refractivity (Wildman–Crippen MR) is 74.4 cm³/mol. The molecular formula is C15H16O6. The zero-order valence-electron chi connectivity index (χ0n) is 11.4. The van der Waals surface area contributed by atoms with Crippen LogP contribution in [-0.2, 0) is 9.53 Å². The minimum atomic E-state index is -1.19. The van der Waals surface area contributed by atoms with Gasteiger partial charge in [-0.25, -0.2) is 9.59 Å². The molecule has 0 aliphatic rings. The second-order valence-corrected chi connectivity index (χ2v) is 4.13. The smallest absolute Gasteiger partial charge is 0.478 e. The number of carbonyl (C=O) groups is 3. The second-order valence-electron chi connectivity index (χ2n) is 4.13. The normalized spacial score (nSPS) is 9.71. The van der Waals surface area contributed by atoms with Gasteiger partial charge in [0.2, 0.25) is 0 Å². The van der Waals surface area contributed by atoms with Crippen molar-refractivity contribution in [1.29, 1.82) is 0 Å². The summed E-state index contributed by atoms with van der Waals surface area (Å²) in [7, 11) is 0. The van der Waals surface area contributed by atoms with Gasteiger partial charge in [-0.1, -0.05) is 18.7 Å². The van der Waals surface area contributed by atoms with Crippen LogP contribution in [0.15, 0.2) is 36.9 Å². The Hall–Kier alpha value is -2.63. The summed E-state index contributed by atoms with van der Waals surface area (Å²) in [5, 5.41) is 8.93. The maximum Gasteiger partial charge on any atom is 0.513 e. The van der Waals surface area contributed by atoms with Gasteiger partial charge in [0.05, 0.1) is 6.61 Å². The van der Waals surface area contributed by atoms with Crippen molar-refractivity contribution >= 4 is 17.9 Å². The number of hydrogen-bond acceptors (Lipinski definition) is 5. The van der Waals surface area contributed by atoms with Crippen molar-refractivity contribution in [2.75, 3.05) is 6.61 Å². The first kappa shape index (κ1) is 16.4. The molecule has 112 valence electrons. The summed E-state index contributed by atoms with van der Waals surface area (Å²) < 4.78 is 9.64. The lowest BCUT2D eigenvalue weighted by Crippen LogP contribution is -2.13. The Kier molecular flexibility index (Phi) is 6.67. The fourth-order valence-electron chi connectivity index (χ4n) is 1.51. The Labute approximate surface area is 122 Å². The topological polar surface area (TPSA) is 89.9 Å². The monoisotopic (exact) mass is 292 g/mol. The van der Waals surface area contributed by atoms with E-state index in [2.05, 4.69) is 6.58 Å². The van der Waals surface area contributed by atoms with Gasteiger partial charge in [0, 0.05) is 6.42 Å². The molecule has 1 N–H and O–H groups in total. The summed E-state index contributed by atoms with van der Waals surface area (Å²) in [4.78, 5) is 33.3. The Morgan fingerprint density at radius 3 is 2.57 bits per heavy atom. The van der Waals surface area contributed by atoms with Crippen LogP contribution in [0.2, 0.25) is 0 Å². The van der Waals surface area contributed by atoms with Crippen molar-refractivity contribution < 1.29 is 29.0 Å². The highest BCUT2D eigenvalue weighted by Crippen LogP contribution is 2.18. The summed E-state index contributed by atoms with van der Waals surface area (Å²) in [5.41, 5.74) is -0.119. The fraction of sp³-hybridized carbons (Fsp3) is 0.267. The van der Waals surface area contributed by atoms with E-state index in [1.54, 1.807) is 6.07 Å².